The molecular formula is C15H25N3O2S. The molecule has 1 saturated heterocycles. The second-order valence-corrected chi connectivity index (χ2v) is 7.99. The topological polar surface area (TPSA) is 66.6 Å². The Morgan fingerprint density at radius 2 is 1.95 bits per heavy atom. The number of hydrogen-bond donors (Lipinski definition) is 1. The average molecular weight is 311 g/mol. The van der Waals surface area contributed by atoms with Gasteiger partial charge < -0.3 is 10.6 Å². The molecule has 0 amide bonds. The Hall–Kier alpha value is -1.11. The van der Waals surface area contributed by atoms with Crippen molar-refractivity contribution in [2.24, 2.45) is 0 Å². The van der Waals surface area contributed by atoms with Crippen LogP contribution < -0.4 is 5.73 Å². The van der Waals surface area contributed by atoms with E-state index in [2.05, 4.69) is 4.90 Å². The van der Waals surface area contributed by atoms with E-state index in [1.807, 2.05) is 26.1 Å². The summed E-state index contributed by atoms with van der Waals surface area (Å²) in [4.78, 5) is 2.48. The van der Waals surface area contributed by atoms with Crippen LogP contribution in [-0.4, -0.2) is 50.8 Å². The highest BCUT2D eigenvalue weighted by Crippen LogP contribution is 2.29. The van der Waals surface area contributed by atoms with Crippen molar-refractivity contribution in [2.45, 2.75) is 37.6 Å². The number of sulfonamides is 1. The standard InChI is InChI=1S/C15H25N3O2S/c1-11-7-8-12(2)15(14(11)16)21(19,20)18(4)10-13-6-5-9-17(13)3/h7-8,13H,5-6,9-10,16H2,1-4H3. The van der Waals surface area contributed by atoms with E-state index < -0.39 is 10.0 Å². The Morgan fingerprint density at radius 1 is 1.33 bits per heavy atom. The summed E-state index contributed by atoms with van der Waals surface area (Å²) < 4.78 is 27.1. The predicted octanol–water partition coefficient (Wildman–Crippen LogP) is 1.60. The smallest absolute Gasteiger partial charge is 0.245 e. The number of likely N-dealkylation sites (N-methyl/N-ethyl adjacent to an activating group) is 2. The fourth-order valence-electron chi connectivity index (χ4n) is 2.91. The summed E-state index contributed by atoms with van der Waals surface area (Å²) in [6, 6.07) is 3.96. The first-order valence-corrected chi connectivity index (χ1v) is 8.71. The van der Waals surface area contributed by atoms with E-state index in [-0.39, 0.29) is 10.9 Å². The quantitative estimate of drug-likeness (QED) is 0.858. The Balaban J connectivity index is 2.31. The van der Waals surface area contributed by atoms with Crippen LogP contribution in [0.1, 0.15) is 24.0 Å². The molecule has 0 bridgehead atoms. The molecule has 1 aliphatic rings. The minimum atomic E-state index is -3.55. The molecule has 0 aliphatic carbocycles. The van der Waals surface area contributed by atoms with Crippen LogP contribution in [0.3, 0.4) is 0 Å². The van der Waals surface area contributed by atoms with Crippen molar-refractivity contribution in [3.8, 4) is 0 Å². The second kappa shape index (κ2) is 5.94. The molecule has 6 heteroatoms. The number of hydrogen-bond acceptors (Lipinski definition) is 4. The SMILES string of the molecule is Cc1ccc(C)c(S(=O)(=O)N(C)CC2CCCN2C)c1N. The summed E-state index contributed by atoms with van der Waals surface area (Å²) in [6.45, 7) is 5.16. The monoisotopic (exact) mass is 311 g/mol. The van der Waals surface area contributed by atoms with E-state index in [0.29, 0.717) is 17.8 Å². The lowest BCUT2D eigenvalue weighted by Gasteiger charge is -2.26. The minimum Gasteiger partial charge on any atom is -0.397 e. The van der Waals surface area contributed by atoms with E-state index in [1.165, 1.54) is 4.31 Å². The summed E-state index contributed by atoms with van der Waals surface area (Å²) in [5.74, 6) is 0. The van der Waals surface area contributed by atoms with Gasteiger partial charge in [0.25, 0.3) is 0 Å². The Labute approximate surface area is 127 Å². The third-order valence-corrected chi connectivity index (χ3v) is 6.45. The Bertz CT molecular complexity index is 628. The van der Waals surface area contributed by atoms with E-state index in [4.69, 9.17) is 5.73 Å². The summed E-state index contributed by atoms with van der Waals surface area (Å²) in [6.07, 6.45) is 2.17. The van der Waals surface area contributed by atoms with Gasteiger partial charge in [-0.05, 0) is 51.4 Å². The zero-order valence-electron chi connectivity index (χ0n) is 13.3. The summed E-state index contributed by atoms with van der Waals surface area (Å²) in [5, 5.41) is 0. The highest BCUT2D eigenvalue weighted by Gasteiger charge is 2.30. The van der Waals surface area contributed by atoms with Gasteiger partial charge in [-0.2, -0.15) is 4.31 Å². The van der Waals surface area contributed by atoms with E-state index in [0.717, 1.165) is 24.9 Å². The maximum absolute atomic E-state index is 12.8. The largest absolute Gasteiger partial charge is 0.397 e. The molecule has 1 heterocycles. The molecule has 0 spiro atoms. The van der Waals surface area contributed by atoms with Crippen molar-refractivity contribution in [1.29, 1.82) is 0 Å². The molecule has 1 aromatic rings. The maximum Gasteiger partial charge on any atom is 0.245 e. The van der Waals surface area contributed by atoms with Gasteiger partial charge in [0.2, 0.25) is 10.0 Å². The third-order valence-electron chi connectivity index (χ3n) is 4.42. The molecule has 2 N–H and O–H groups in total. The Morgan fingerprint density at radius 3 is 2.52 bits per heavy atom. The highest BCUT2D eigenvalue weighted by molar-refractivity contribution is 7.89. The molecular weight excluding hydrogens is 286 g/mol. The van der Waals surface area contributed by atoms with E-state index in [1.54, 1.807) is 14.0 Å². The van der Waals surface area contributed by atoms with Gasteiger partial charge in [-0.1, -0.05) is 12.1 Å². The molecule has 0 aromatic heterocycles. The molecule has 1 atom stereocenters. The van der Waals surface area contributed by atoms with Crippen LogP contribution in [0, 0.1) is 13.8 Å². The molecule has 1 unspecified atom stereocenters. The predicted molar refractivity (Wildman–Crippen MR) is 85.8 cm³/mol. The zero-order valence-corrected chi connectivity index (χ0v) is 14.1. The van der Waals surface area contributed by atoms with Gasteiger partial charge in [-0.3, -0.25) is 0 Å². The van der Waals surface area contributed by atoms with Gasteiger partial charge >= 0.3 is 0 Å². The zero-order chi connectivity index (χ0) is 15.8. The van der Waals surface area contributed by atoms with Gasteiger partial charge in [0.1, 0.15) is 4.90 Å². The van der Waals surface area contributed by atoms with Crippen molar-refractivity contribution in [3.05, 3.63) is 23.3 Å². The van der Waals surface area contributed by atoms with Gasteiger partial charge in [0.05, 0.1) is 5.69 Å². The molecule has 118 valence electrons. The minimum absolute atomic E-state index is 0.255. The average Bonchev–Trinajstić information content (AvgIpc) is 2.80. The van der Waals surface area contributed by atoms with Gasteiger partial charge in [-0.25, -0.2) is 8.42 Å². The molecule has 1 aliphatic heterocycles. The summed E-state index contributed by atoms with van der Waals surface area (Å²) >= 11 is 0. The molecule has 1 aromatic carbocycles. The van der Waals surface area contributed by atoms with Crippen LogP contribution in [0.5, 0.6) is 0 Å². The highest BCUT2D eigenvalue weighted by atomic mass is 32.2. The number of nitrogens with two attached hydrogens (primary N) is 1. The lowest BCUT2D eigenvalue weighted by molar-refractivity contribution is 0.271. The molecule has 2 rings (SSSR count). The van der Waals surface area contributed by atoms with Crippen LogP contribution in [0.4, 0.5) is 5.69 Å². The van der Waals surface area contributed by atoms with E-state index in [9.17, 15) is 8.42 Å². The number of nitrogens with zero attached hydrogens (tertiary/aromatic N) is 2. The molecule has 21 heavy (non-hydrogen) atoms. The number of likely N-dealkylation sites (tertiary alicyclic amines) is 1. The molecule has 1 fully saturated rings. The lowest BCUT2D eigenvalue weighted by atomic mass is 10.1. The number of nitrogen functional groups attached to an aromatic ring is 1. The fraction of sp³-hybridized carbons (Fsp3) is 0.600. The van der Waals surface area contributed by atoms with Crippen LogP contribution in [-0.2, 0) is 10.0 Å². The van der Waals surface area contributed by atoms with Crippen molar-refractivity contribution in [1.82, 2.24) is 9.21 Å². The van der Waals surface area contributed by atoms with Gasteiger partial charge in [0.15, 0.2) is 0 Å². The summed E-state index contributed by atoms with van der Waals surface area (Å²) in [7, 11) is 0.136. The van der Waals surface area contributed by atoms with Crippen molar-refractivity contribution in [2.75, 3.05) is 32.9 Å². The van der Waals surface area contributed by atoms with Crippen molar-refractivity contribution >= 4 is 15.7 Å². The Kier molecular flexibility index (Phi) is 4.60. The van der Waals surface area contributed by atoms with Gasteiger partial charge in [-0.15, -0.1) is 0 Å². The lowest BCUT2D eigenvalue weighted by Crippen LogP contribution is -2.39. The van der Waals surface area contributed by atoms with Gasteiger partial charge in [0, 0.05) is 19.6 Å². The third kappa shape index (κ3) is 3.07. The van der Waals surface area contributed by atoms with Crippen LogP contribution in [0.25, 0.3) is 0 Å². The first kappa shape index (κ1) is 16.3. The number of benzene rings is 1. The van der Waals surface area contributed by atoms with E-state index >= 15 is 0 Å². The maximum atomic E-state index is 12.8. The van der Waals surface area contributed by atoms with Crippen LogP contribution in [0.2, 0.25) is 0 Å². The second-order valence-electron chi connectivity index (χ2n) is 6.00. The van der Waals surface area contributed by atoms with Crippen molar-refractivity contribution in [3.63, 3.8) is 0 Å². The van der Waals surface area contributed by atoms with Crippen LogP contribution in [0.15, 0.2) is 17.0 Å². The number of rotatable bonds is 4. The van der Waals surface area contributed by atoms with Crippen LogP contribution >= 0.6 is 0 Å². The normalized spacial score (nSPS) is 20.3. The fourth-order valence-corrected chi connectivity index (χ4v) is 4.50. The molecule has 0 saturated carbocycles. The van der Waals surface area contributed by atoms with Crippen molar-refractivity contribution < 1.29 is 8.42 Å². The number of aryl methyl sites for hydroxylation is 2. The number of anilines is 1. The summed E-state index contributed by atoms with van der Waals surface area (Å²) in [5.41, 5.74) is 7.88. The molecule has 0 radical (unpaired) electrons. The first-order chi connectivity index (χ1) is 9.75. The molecule has 5 nitrogen and oxygen atoms in total. The first-order valence-electron chi connectivity index (χ1n) is 7.27.